The summed E-state index contributed by atoms with van der Waals surface area (Å²) in [6, 6.07) is 8.29. The molecule has 1 aromatic rings. The van der Waals surface area contributed by atoms with Crippen molar-refractivity contribution in [2.75, 3.05) is 19.0 Å². The first kappa shape index (κ1) is 12.6. The number of hydrogen-bond donors (Lipinski definition) is 1. The van der Waals surface area contributed by atoms with Crippen molar-refractivity contribution in [3.63, 3.8) is 0 Å². The van der Waals surface area contributed by atoms with E-state index in [1.54, 1.807) is 11.8 Å². The third kappa shape index (κ3) is 5.21. The molecular weight excluding hydrogens is 208 g/mol. The monoisotopic (exact) mass is 226 g/mol. The molecule has 1 unspecified atom stereocenters. The number of rotatable bonds is 6. The highest BCUT2D eigenvalue weighted by molar-refractivity contribution is 7.99. The number of ether oxygens (including phenoxy) is 1. The Bertz CT molecular complexity index is 289. The summed E-state index contributed by atoms with van der Waals surface area (Å²) >= 11 is 1.66. The second-order valence-corrected chi connectivity index (χ2v) is 4.53. The molecule has 0 fully saturated rings. The fourth-order valence-corrected chi connectivity index (χ4v) is 2.12. The molecule has 1 aromatic carbocycles. The maximum atomic E-state index is 9.57. The van der Waals surface area contributed by atoms with Gasteiger partial charge in [-0.3, -0.25) is 0 Å². The van der Waals surface area contributed by atoms with E-state index in [0.717, 1.165) is 0 Å². The van der Waals surface area contributed by atoms with Crippen molar-refractivity contribution in [2.45, 2.75) is 24.8 Å². The summed E-state index contributed by atoms with van der Waals surface area (Å²) in [7, 11) is 0. The molecule has 0 saturated heterocycles. The number of hydrogen-bond acceptors (Lipinski definition) is 3. The summed E-state index contributed by atoms with van der Waals surface area (Å²) < 4.78 is 5.14. The fourth-order valence-electron chi connectivity index (χ4n) is 1.20. The summed E-state index contributed by atoms with van der Waals surface area (Å²) in [5, 5.41) is 9.57. The van der Waals surface area contributed by atoms with Crippen molar-refractivity contribution in [3.05, 3.63) is 29.8 Å². The molecule has 15 heavy (non-hydrogen) atoms. The van der Waals surface area contributed by atoms with Gasteiger partial charge in [0.25, 0.3) is 0 Å². The third-order valence-corrected chi connectivity index (χ3v) is 3.08. The largest absolute Gasteiger partial charge is 0.390 e. The van der Waals surface area contributed by atoms with Crippen molar-refractivity contribution in [1.29, 1.82) is 0 Å². The first-order valence-corrected chi connectivity index (χ1v) is 6.16. The van der Waals surface area contributed by atoms with Gasteiger partial charge in [-0.15, -0.1) is 11.8 Å². The Morgan fingerprint density at radius 1 is 1.47 bits per heavy atom. The molecule has 0 aliphatic heterocycles. The van der Waals surface area contributed by atoms with Crippen LogP contribution in [0, 0.1) is 6.92 Å². The van der Waals surface area contributed by atoms with Gasteiger partial charge in [0, 0.05) is 17.3 Å². The second kappa shape index (κ2) is 6.88. The van der Waals surface area contributed by atoms with Crippen LogP contribution in [0.2, 0.25) is 0 Å². The Morgan fingerprint density at radius 3 is 2.93 bits per heavy atom. The third-order valence-electron chi connectivity index (χ3n) is 1.95. The molecule has 0 amide bonds. The lowest BCUT2D eigenvalue weighted by Gasteiger charge is -2.10. The highest BCUT2D eigenvalue weighted by Crippen LogP contribution is 2.19. The zero-order valence-electron chi connectivity index (χ0n) is 9.27. The molecule has 3 heteroatoms. The molecule has 0 aliphatic carbocycles. The molecule has 0 aromatic heterocycles. The summed E-state index contributed by atoms with van der Waals surface area (Å²) in [5.74, 6) is 0.684. The molecule has 0 heterocycles. The van der Waals surface area contributed by atoms with Crippen molar-refractivity contribution in [2.24, 2.45) is 0 Å². The van der Waals surface area contributed by atoms with Gasteiger partial charge in [-0.25, -0.2) is 0 Å². The average Bonchev–Trinajstić information content (AvgIpc) is 2.23. The van der Waals surface area contributed by atoms with Crippen LogP contribution in [0.3, 0.4) is 0 Å². The number of aliphatic hydroxyl groups is 1. The van der Waals surface area contributed by atoms with Gasteiger partial charge in [0.05, 0.1) is 12.7 Å². The Hall–Kier alpha value is -0.510. The molecule has 0 bridgehead atoms. The molecule has 2 nitrogen and oxygen atoms in total. The van der Waals surface area contributed by atoms with Crippen molar-refractivity contribution >= 4 is 11.8 Å². The van der Waals surface area contributed by atoms with Gasteiger partial charge in [0.2, 0.25) is 0 Å². The van der Waals surface area contributed by atoms with Crippen LogP contribution in [-0.2, 0) is 4.74 Å². The van der Waals surface area contributed by atoms with Crippen molar-refractivity contribution < 1.29 is 9.84 Å². The smallest absolute Gasteiger partial charge is 0.0867 e. The minimum atomic E-state index is -0.379. The van der Waals surface area contributed by atoms with Gasteiger partial charge < -0.3 is 9.84 Å². The minimum Gasteiger partial charge on any atom is -0.390 e. The van der Waals surface area contributed by atoms with E-state index in [2.05, 4.69) is 25.1 Å². The van der Waals surface area contributed by atoms with Crippen LogP contribution in [0.5, 0.6) is 0 Å². The second-order valence-electron chi connectivity index (χ2n) is 3.44. The molecule has 84 valence electrons. The molecule has 0 spiro atoms. The highest BCUT2D eigenvalue weighted by Gasteiger charge is 2.04. The van der Waals surface area contributed by atoms with Crippen LogP contribution in [0.15, 0.2) is 29.2 Å². The highest BCUT2D eigenvalue weighted by atomic mass is 32.2. The van der Waals surface area contributed by atoms with Gasteiger partial charge >= 0.3 is 0 Å². The van der Waals surface area contributed by atoms with Crippen LogP contribution < -0.4 is 0 Å². The van der Waals surface area contributed by atoms with E-state index in [-0.39, 0.29) is 6.10 Å². The number of aryl methyl sites for hydroxylation is 1. The molecule has 0 radical (unpaired) electrons. The van der Waals surface area contributed by atoms with Gasteiger partial charge in [0.15, 0.2) is 0 Å². The van der Waals surface area contributed by atoms with E-state index >= 15 is 0 Å². The molecule has 1 atom stereocenters. The quantitative estimate of drug-likeness (QED) is 0.756. The lowest BCUT2D eigenvalue weighted by molar-refractivity contribution is 0.0551. The lowest BCUT2D eigenvalue weighted by atomic mass is 10.2. The molecular formula is C12H18O2S. The summed E-state index contributed by atoms with van der Waals surface area (Å²) in [4.78, 5) is 1.20. The Kier molecular flexibility index (Phi) is 5.76. The van der Waals surface area contributed by atoms with Gasteiger partial charge in [-0.1, -0.05) is 17.7 Å². The van der Waals surface area contributed by atoms with Crippen LogP contribution >= 0.6 is 11.8 Å². The predicted octanol–water partition coefficient (Wildman–Crippen LogP) is 2.48. The number of benzene rings is 1. The molecule has 0 saturated carbocycles. The van der Waals surface area contributed by atoms with E-state index in [0.29, 0.717) is 19.0 Å². The van der Waals surface area contributed by atoms with Crippen LogP contribution in [-0.4, -0.2) is 30.2 Å². The standard InChI is InChI=1S/C12H18O2S/c1-3-14-8-11(13)9-15-12-6-4-5-10(2)7-12/h4-7,11,13H,3,8-9H2,1-2H3. The van der Waals surface area contributed by atoms with E-state index in [1.807, 2.05) is 13.0 Å². The van der Waals surface area contributed by atoms with Crippen LogP contribution in [0.1, 0.15) is 12.5 Å². The SMILES string of the molecule is CCOCC(O)CSc1cccc(C)c1. The first-order valence-electron chi connectivity index (χ1n) is 5.17. The van der Waals surface area contributed by atoms with Crippen LogP contribution in [0.4, 0.5) is 0 Å². The van der Waals surface area contributed by atoms with E-state index in [1.165, 1.54) is 10.5 Å². The minimum absolute atomic E-state index is 0.379. The summed E-state index contributed by atoms with van der Waals surface area (Å²) in [6.07, 6.45) is -0.379. The number of thioether (sulfide) groups is 1. The molecule has 1 rings (SSSR count). The molecule has 1 N–H and O–H groups in total. The zero-order valence-corrected chi connectivity index (χ0v) is 10.1. The van der Waals surface area contributed by atoms with Gasteiger partial charge in [-0.2, -0.15) is 0 Å². The molecule has 0 aliphatic rings. The van der Waals surface area contributed by atoms with Gasteiger partial charge in [-0.05, 0) is 26.0 Å². The van der Waals surface area contributed by atoms with E-state index in [9.17, 15) is 5.11 Å². The average molecular weight is 226 g/mol. The van der Waals surface area contributed by atoms with Crippen molar-refractivity contribution in [3.8, 4) is 0 Å². The lowest BCUT2D eigenvalue weighted by Crippen LogP contribution is -2.17. The fraction of sp³-hybridized carbons (Fsp3) is 0.500. The van der Waals surface area contributed by atoms with Crippen molar-refractivity contribution in [1.82, 2.24) is 0 Å². The summed E-state index contributed by atoms with van der Waals surface area (Å²) in [5.41, 5.74) is 1.25. The topological polar surface area (TPSA) is 29.5 Å². The van der Waals surface area contributed by atoms with Crippen LogP contribution in [0.25, 0.3) is 0 Å². The van der Waals surface area contributed by atoms with E-state index in [4.69, 9.17) is 4.74 Å². The zero-order chi connectivity index (χ0) is 11.1. The van der Waals surface area contributed by atoms with Gasteiger partial charge in [0.1, 0.15) is 0 Å². The first-order chi connectivity index (χ1) is 7.22. The number of aliphatic hydroxyl groups excluding tert-OH is 1. The maximum Gasteiger partial charge on any atom is 0.0867 e. The Morgan fingerprint density at radius 2 is 2.27 bits per heavy atom. The Balaban J connectivity index is 2.30. The Labute approximate surface area is 95.7 Å². The maximum absolute atomic E-state index is 9.57. The summed E-state index contributed by atoms with van der Waals surface area (Å²) in [6.45, 7) is 5.09. The normalized spacial score (nSPS) is 12.7. The predicted molar refractivity (Wildman–Crippen MR) is 64.4 cm³/mol. The van der Waals surface area contributed by atoms with E-state index < -0.39 is 0 Å².